The lowest BCUT2D eigenvalue weighted by Gasteiger charge is -2.23. The normalized spacial score (nSPS) is 21.0. The maximum absolute atomic E-state index is 9.18. The highest BCUT2D eigenvalue weighted by molar-refractivity contribution is 4.69. The Balaban J connectivity index is 0.000000354. The van der Waals surface area contributed by atoms with Crippen molar-refractivity contribution in [3.05, 3.63) is 0 Å². The van der Waals surface area contributed by atoms with Gasteiger partial charge in [0.2, 0.25) is 0 Å². The van der Waals surface area contributed by atoms with E-state index in [1.165, 1.54) is 32.1 Å². The smallest absolute Gasteiger partial charge is 0.0540 e. The van der Waals surface area contributed by atoms with Crippen LogP contribution in [0.15, 0.2) is 0 Å². The average molecular weight is 174 g/mol. The molecule has 2 heteroatoms. The van der Waals surface area contributed by atoms with Crippen molar-refractivity contribution in [2.45, 2.75) is 52.1 Å². The molecule has 1 aliphatic rings. The third-order valence-corrected chi connectivity index (χ3v) is 2.33. The summed E-state index contributed by atoms with van der Waals surface area (Å²) in [6.07, 6.45) is 6.47. The van der Waals surface area contributed by atoms with Crippen LogP contribution in [0.1, 0.15) is 46.0 Å². The summed E-state index contributed by atoms with van der Waals surface area (Å²) in [6, 6.07) is 0. The first-order valence-electron chi connectivity index (χ1n) is 5.01. The molecule has 0 aromatic carbocycles. The Labute approximate surface area is 75.6 Å². The van der Waals surface area contributed by atoms with Crippen LogP contribution in [-0.4, -0.2) is 22.9 Å². The first-order valence-corrected chi connectivity index (χ1v) is 5.01. The maximum atomic E-state index is 9.18. The van der Waals surface area contributed by atoms with Gasteiger partial charge >= 0.3 is 0 Å². The van der Waals surface area contributed by atoms with Crippen molar-refractivity contribution in [3.8, 4) is 0 Å². The summed E-state index contributed by atoms with van der Waals surface area (Å²) in [5.41, 5.74) is 0. The molecule has 1 aliphatic carbocycles. The number of hydrogen-bond donors (Lipinski definition) is 2. The topological polar surface area (TPSA) is 40.5 Å². The van der Waals surface area contributed by atoms with Crippen LogP contribution < -0.4 is 0 Å². The first-order chi connectivity index (χ1) is 5.72. The van der Waals surface area contributed by atoms with Crippen LogP contribution in [0.4, 0.5) is 0 Å². The summed E-state index contributed by atoms with van der Waals surface area (Å²) in [4.78, 5) is 0. The summed E-state index contributed by atoms with van der Waals surface area (Å²) in [5, 5.41) is 16.7. The van der Waals surface area contributed by atoms with E-state index in [9.17, 15) is 5.11 Å². The molecule has 1 fully saturated rings. The highest BCUT2D eigenvalue weighted by Gasteiger charge is 2.17. The summed E-state index contributed by atoms with van der Waals surface area (Å²) in [6.45, 7) is 3.84. The molecule has 0 radical (unpaired) electrons. The number of aliphatic hydroxyl groups excluding tert-OH is 2. The van der Waals surface area contributed by atoms with Crippen LogP contribution in [0.25, 0.3) is 0 Å². The van der Waals surface area contributed by atoms with Crippen molar-refractivity contribution in [3.63, 3.8) is 0 Å². The molecular formula is C10H22O2. The Kier molecular flexibility index (Phi) is 7.51. The molecule has 0 saturated heterocycles. The van der Waals surface area contributed by atoms with Crippen molar-refractivity contribution in [2.75, 3.05) is 6.61 Å². The molecular weight excluding hydrogens is 152 g/mol. The van der Waals surface area contributed by atoms with E-state index < -0.39 is 0 Å². The van der Waals surface area contributed by atoms with E-state index in [1.807, 2.05) is 6.92 Å². The Morgan fingerprint density at radius 2 is 1.67 bits per heavy atom. The third kappa shape index (κ3) is 5.56. The summed E-state index contributed by atoms with van der Waals surface area (Å²) >= 11 is 0. The van der Waals surface area contributed by atoms with E-state index in [1.54, 1.807) is 6.92 Å². The zero-order valence-electron chi connectivity index (χ0n) is 8.29. The van der Waals surface area contributed by atoms with Crippen LogP contribution in [0.3, 0.4) is 0 Å². The van der Waals surface area contributed by atoms with E-state index in [4.69, 9.17) is 5.11 Å². The minimum Gasteiger partial charge on any atom is -0.397 e. The monoisotopic (exact) mass is 174 g/mol. The van der Waals surface area contributed by atoms with Crippen LogP contribution in [0.2, 0.25) is 0 Å². The second-order valence-corrected chi connectivity index (χ2v) is 3.45. The number of hydrogen-bond acceptors (Lipinski definition) is 2. The largest absolute Gasteiger partial charge is 0.397 e. The molecule has 12 heavy (non-hydrogen) atoms. The van der Waals surface area contributed by atoms with E-state index in [-0.39, 0.29) is 12.7 Å². The standard InChI is InChI=1S/C8H16O.C2H6O/c1-7(9)8-5-3-2-4-6-8;1-2-3/h7-9H,2-6H2,1H3;3H,2H2,1H3. The van der Waals surface area contributed by atoms with Gasteiger partial charge in [-0.15, -0.1) is 0 Å². The predicted molar refractivity (Wildman–Crippen MR) is 51.0 cm³/mol. The molecule has 0 spiro atoms. The van der Waals surface area contributed by atoms with Crippen molar-refractivity contribution >= 4 is 0 Å². The molecule has 0 heterocycles. The second kappa shape index (κ2) is 7.56. The van der Waals surface area contributed by atoms with Gasteiger partial charge in [-0.1, -0.05) is 19.3 Å². The van der Waals surface area contributed by atoms with E-state index in [0.29, 0.717) is 5.92 Å². The van der Waals surface area contributed by atoms with Crippen molar-refractivity contribution in [1.82, 2.24) is 0 Å². The minimum atomic E-state index is -0.0645. The van der Waals surface area contributed by atoms with E-state index in [2.05, 4.69) is 0 Å². The van der Waals surface area contributed by atoms with Gasteiger partial charge in [-0.25, -0.2) is 0 Å². The van der Waals surface area contributed by atoms with Crippen molar-refractivity contribution in [1.29, 1.82) is 0 Å². The lowest BCUT2D eigenvalue weighted by atomic mass is 9.86. The minimum absolute atomic E-state index is 0.0645. The van der Waals surface area contributed by atoms with Crippen LogP contribution in [0.5, 0.6) is 0 Å². The fourth-order valence-corrected chi connectivity index (χ4v) is 1.62. The molecule has 1 rings (SSSR count). The summed E-state index contributed by atoms with van der Waals surface area (Å²) in [7, 11) is 0. The Hall–Kier alpha value is -0.0800. The molecule has 74 valence electrons. The molecule has 0 aliphatic heterocycles. The Morgan fingerprint density at radius 3 is 1.92 bits per heavy atom. The molecule has 1 unspecified atom stereocenters. The van der Waals surface area contributed by atoms with Gasteiger partial charge in [0.1, 0.15) is 0 Å². The van der Waals surface area contributed by atoms with E-state index >= 15 is 0 Å². The van der Waals surface area contributed by atoms with Crippen molar-refractivity contribution < 1.29 is 10.2 Å². The molecule has 2 nitrogen and oxygen atoms in total. The van der Waals surface area contributed by atoms with Gasteiger partial charge in [0.15, 0.2) is 0 Å². The zero-order valence-corrected chi connectivity index (χ0v) is 8.29. The first kappa shape index (κ1) is 11.9. The summed E-state index contributed by atoms with van der Waals surface area (Å²) < 4.78 is 0. The van der Waals surface area contributed by atoms with Crippen LogP contribution in [-0.2, 0) is 0 Å². The van der Waals surface area contributed by atoms with Gasteiger partial charge in [0.25, 0.3) is 0 Å². The van der Waals surface area contributed by atoms with Crippen LogP contribution >= 0.6 is 0 Å². The van der Waals surface area contributed by atoms with Gasteiger partial charge < -0.3 is 10.2 Å². The lowest BCUT2D eigenvalue weighted by Crippen LogP contribution is -2.19. The van der Waals surface area contributed by atoms with Gasteiger partial charge in [0.05, 0.1) is 6.10 Å². The summed E-state index contributed by atoms with van der Waals surface area (Å²) in [5.74, 6) is 0.610. The highest BCUT2D eigenvalue weighted by Crippen LogP contribution is 2.25. The highest BCUT2D eigenvalue weighted by atomic mass is 16.3. The lowest BCUT2D eigenvalue weighted by molar-refractivity contribution is 0.101. The van der Waals surface area contributed by atoms with E-state index in [0.717, 1.165) is 0 Å². The molecule has 1 atom stereocenters. The Bertz CT molecular complexity index is 85.8. The molecule has 0 aromatic heterocycles. The second-order valence-electron chi connectivity index (χ2n) is 3.45. The molecule has 2 N–H and O–H groups in total. The molecule has 1 saturated carbocycles. The fraction of sp³-hybridized carbons (Fsp3) is 1.00. The van der Waals surface area contributed by atoms with Gasteiger partial charge in [-0.2, -0.15) is 0 Å². The number of aliphatic hydroxyl groups is 2. The fourth-order valence-electron chi connectivity index (χ4n) is 1.62. The van der Waals surface area contributed by atoms with Gasteiger partial charge in [-0.05, 0) is 32.6 Å². The van der Waals surface area contributed by atoms with Crippen LogP contribution in [0, 0.1) is 5.92 Å². The zero-order chi connectivity index (χ0) is 9.40. The maximum Gasteiger partial charge on any atom is 0.0540 e. The molecule has 0 amide bonds. The number of rotatable bonds is 1. The van der Waals surface area contributed by atoms with Gasteiger partial charge in [0, 0.05) is 6.61 Å². The van der Waals surface area contributed by atoms with Crippen molar-refractivity contribution in [2.24, 2.45) is 5.92 Å². The Morgan fingerprint density at radius 1 is 1.25 bits per heavy atom. The average Bonchev–Trinajstić information content (AvgIpc) is 2.07. The molecule has 0 bridgehead atoms. The molecule has 0 aromatic rings. The SMILES string of the molecule is CC(O)C1CCCCC1.CCO. The van der Waals surface area contributed by atoms with Gasteiger partial charge in [-0.3, -0.25) is 0 Å². The quantitative estimate of drug-likeness (QED) is 0.638. The third-order valence-electron chi connectivity index (χ3n) is 2.33. The predicted octanol–water partition coefficient (Wildman–Crippen LogP) is 1.95.